The second kappa shape index (κ2) is 8.13. The maximum Gasteiger partial charge on any atom is 0.212 e. The van der Waals surface area contributed by atoms with Gasteiger partial charge in [0.1, 0.15) is 4.07 Å². The van der Waals surface area contributed by atoms with Crippen LogP contribution in [0.3, 0.4) is 0 Å². The van der Waals surface area contributed by atoms with Crippen molar-refractivity contribution in [2.45, 2.75) is 26.6 Å². The third kappa shape index (κ3) is 5.40. The second-order valence-corrected chi connectivity index (χ2v) is 13.3. The first kappa shape index (κ1) is 19.6. The van der Waals surface area contributed by atoms with Gasteiger partial charge in [0.2, 0.25) is 3.53 Å². The summed E-state index contributed by atoms with van der Waals surface area (Å²) in [5, 5.41) is 0. The van der Waals surface area contributed by atoms with E-state index in [2.05, 4.69) is 0 Å². The van der Waals surface area contributed by atoms with Crippen molar-refractivity contribution < 1.29 is 0 Å². The van der Waals surface area contributed by atoms with Crippen LogP contribution >= 0.6 is 65.9 Å². The zero-order valence-corrected chi connectivity index (χ0v) is 17.1. The molecule has 0 aliphatic rings. The molecular formula is C17H16Cl5P. The van der Waals surface area contributed by atoms with E-state index in [1.807, 2.05) is 67.6 Å². The van der Waals surface area contributed by atoms with Crippen molar-refractivity contribution in [1.82, 2.24) is 0 Å². The molecule has 0 saturated carbocycles. The Morgan fingerprint density at radius 1 is 0.826 bits per heavy atom. The molecule has 0 spiro atoms. The molecule has 23 heavy (non-hydrogen) atoms. The highest BCUT2D eigenvalue weighted by Gasteiger charge is 2.49. The van der Waals surface area contributed by atoms with Crippen molar-refractivity contribution in [3.63, 3.8) is 0 Å². The number of hydrogen-bond acceptors (Lipinski definition) is 0. The summed E-state index contributed by atoms with van der Waals surface area (Å²) in [6.45, 7) is 2.01. The Hall–Kier alpha value is 0.320. The number of rotatable bonds is 5. The van der Waals surface area contributed by atoms with Crippen LogP contribution in [-0.4, -0.2) is 7.61 Å². The minimum absolute atomic E-state index is 0.0580. The molecule has 0 bridgehead atoms. The van der Waals surface area contributed by atoms with E-state index < -0.39 is 15.5 Å². The molecule has 0 aliphatic heterocycles. The molecule has 2 atom stereocenters. The Bertz CT molecular complexity index is 610. The summed E-state index contributed by atoms with van der Waals surface area (Å²) in [6.07, 6.45) is 0.424. The molecule has 0 saturated heterocycles. The number of benzene rings is 2. The van der Waals surface area contributed by atoms with Crippen molar-refractivity contribution >= 4 is 65.9 Å². The van der Waals surface area contributed by atoms with Gasteiger partial charge < -0.3 is 0 Å². The van der Waals surface area contributed by atoms with Crippen molar-refractivity contribution in [1.29, 1.82) is 0 Å². The van der Waals surface area contributed by atoms with Crippen LogP contribution in [0.25, 0.3) is 0 Å². The van der Waals surface area contributed by atoms with Gasteiger partial charge in [-0.25, -0.2) is 0 Å². The van der Waals surface area contributed by atoms with Gasteiger partial charge in [-0.1, -0.05) is 126 Å². The topological polar surface area (TPSA) is 0 Å². The quantitative estimate of drug-likeness (QED) is 0.335. The Kier molecular flexibility index (Phi) is 6.95. The number of alkyl halides is 5. The van der Waals surface area contributed by atoms with Gasteiger partial charge in [-0.2, -0.15) is 0 Å². The molecule has 0 nitrogen and oxygen atoms in total. The van der Waals surface area contributed by atoms with Gasteiger partial charge in [0.25, 0.3) is 0 Å². The second-order valence-electron chi connectivity index (χ2n) is 5.25. The highest BCUT2D eigenvalue weighted by atomic mass is 35.6. The van der Waals surface area contributed by atoms with E-state index in [-0.39, 0.29) is 5.66 Å². The summed E-state index contributed by atoms with van der Waals surface area (Å²) in [5.74, 6) is 0. The molecule has 0 fully saturated rings. The van der Waals surface area contributed by atoms with E-state index >= 15 is 0 Å². The normalized spacial score (nSPS) is 15.2. The molecule has 0 N–H and O–H groups in total. The van der Waals surface area contributed by atoms with Crippen LogP contribution in [0.15, 0.2) is 60.7 Å². The molecule has 2 aromatic carbocycles. The lowest BCUT2D eigenvalue weighted by Gasteiger charge is -2.39. The highest BCUT2D eigenvalue weighted by Crippen LogP contribution is 2.76. The fourth-order valence-electron chi connectivity index (χ4n) is 2.50. The van der Waals surface area contributed by atoms with Crippen molar-refractivity contribution in [2.75, 3.05) is 0 Å². The summed E-state index contributed by atoms with van der Waals surface area (Å²) < 4.78 is -2.68. The van der Waals surface area contributed by atoms with Crippen LogP contribution in [0.5, 0.6) is 0 Å². The maximum absolute atomic E-state index is 6.71. The first-order valence-corrected chi connectivity index (χ1v) is 10.3. The predicted octanol–water partition coefficient (Wildman–Crippen LogP) is 7.93. The summed E-state index contributed by atoms with van der Waals surface area (Å²) in [6, 6.07) is 19.6. The van der Waals surface area contributed by atoms with Crippen LogP contribution < -0.4 is 0 Å². The van der Waals surface area contributed by atoms with E-state index in [1.54, 1.807) is 0 Å². The Morgan fingerprint density at radius 2 is 1.30 bits per heavy atom. The molecule has 6 heteroatoms. The Balaban J connectivity index is 2.34. The average molecular weight is 429 g/mol. The highest BCUT2D eigenvalue weighted by molar-refractivity contribution is 7.71. The lowest BCUT2D eigenvalue weighted by atomic mass is 10.2. The standard InChI is InChI=1S/C17H16Cl5P/c1-13(15-10-6-3-7-11-15)23(17(20,21)22)16(18,19)12-14-8-4-2-5-9-14/h2-11,13H,12H2,1H3. The van der Waals surface area contributed by atoms with Gasteiger partial charge >= 0.3 is 0 Å². The minimum Gasteiger partial charge on any atom is -0.0960 e. The van der Waals surface area contributed by atoms with Gasteiger partial charge in [0.15, 0.2) is 0 Å². The van der Waals surface area contributed by atoms with E-state index in [0.29, 0.717) is 6.42 Å². The van der Waals surface area contributed by atoms with E-state index in [4.69, 9.17) is 58.0 Å². The molecule has 0 aliphatic carbocycles. The lowest BCUT2D eigenvalue weighted by molar-refractivity contribution is 0.964. The molecule has 0 radical (unpaired) electrons. The lowest BCUT2D eigenvalue weighted by Crippen LogP contribution is -2.24. The average Bonchev–Trinajstić information content (AvgIpc) is 2.47. The molecule has 0 amide bonds. The van der Waals surface area contributed by atoms with Crippen molar-refractivity contribution in [3.8, 4) is 0 Å². The monoisotopic (exact) mass is 426 g/mol. The Labute approximate surface area is 163 Å². The largest absolute Gasteiger partial charge is 0.212 e. The minimum atomic E-state index is -1.52. The molecule has 0 heterocycles. The SMILES string of the molecule is CC(c1ccccc1)P(C(Cl)(Cl)Cl)C(Cl)(Cl)Cc1ccccc1. The molecule has 2 rings (SSSR count). The fraction of sp³-hybridized carbons (Fsp3) is 0.294. The zero-order chi connectivity index (χ0) is 17.1. The Morgan fingerprint density at radius 3 is 1.78 bits per heavy atom. The van der Waals surface area contributed by atoms with Gasteiger partial charge in [-0.3, -0.25) is 0 Å². The van der Waals surface area contributed by atoms with Crippen LogP contribution in [0.2, 0.25) is 0 Å². The van der Waals surface area contributed by atoms with Gasteiger partial charge in [0.05, 0.1) is 0 Å². The summed E-state index contributed by atoms with van der Waals surface area (Å²) in [5.41, 5.74) is 2.01. The van der Waals surface area contributed by atoms with E-state index in [0.717, 1.165) is 11.1 Å². The zero-order valence-electron chi connectivity index (χ0n) is 12.4. The first-order valence-electron chi connectivity index (χ1n) is 7.04. The summed E-state index contributed by atoms with van der Waals surface area (Å²) in [4.78, 5) is 0. The van der Waals surface area contributed by atoms with Crippen LogP contribution in [-0.2, 0) is 6.42 Å². The van der Waals surface area contributed by atoms with Crippen LogP contribution in [0, 0.1) is 0 Å². The fourth-order valence-corrected chi connectivity index (χ4v) is 10.0. The maximum atomic E-state index is 6.71. The van der Waals surface area contributed by atoms with E-state index in [1.165, 1.54) is 0 Å². The third-order valence-electron chi connectivity index (χ3n) is 3.55. The molecule has 2 unspecified atom stereocenters. The van der Waals surface area contributed by atoms with Crippen molar-refractivity contribution in [2.24, 2.45) is 0 Å². The first-order chi connectivity index (χ1) is 10.7. The molecular weight excluding hydrogens is 412 g/mol. The van der Waals surface area contributed by atoms with Gasteiger partial charge in [0, 0.05) is 12.1 Å². The summed E-state index contributed by atoms with van der Waals surface area (Å²) in [7, 11) is -1.38. The van der Waals surface area contributed by atoms with E-state index in [9.17, 15) is 0 Å². The van der Waals surface area contributed by atoms with Crippen LogP contribution in [0.1, 0.15) is 23.7 Å². The summed E-state index contributed by atoms with van der Waals surface area (Å²) >= 11 is 32.3. The van der Waals surface area contributed by atoms with Crippen LogP contribution in [0.4, 0.5) is 0 Å². The number of halogens is 5. The third-order valence-corrected chi connectivity index (χ3v) is 9.04. The molecule has 2 aromatic rings. The molecule has 124 valence electrons. The van der Waals surface area contributed by atoms with Crippen molar-refractivity contribution in [3.05, 3.63) is 71.8 Å². The smallest absolute Gasteiger partial charge is 0.0960 e. The number of hydrogen-bond donors (Lipinski definition) is 0. The van der Waals surface area contributed by atoms with Gasteiger partial charge in [-0.05, 0) is 19.0 Å². The van der Waals surface area contributed by atoms with Gasteiger partial charge in [-0.15, -0.1) is 0 Å². The predicted molar refractivity (Wildman–Crippen MR) is 107 cm³/mol. The molecule has 0 aromatic heterocycles.